The molecule has 2 heterocycles. The van der Waals surface area contributed by atoms with Crippen LogP contribution in [0.1, 0.15) is 15.4 Å². The molecule has 2 N–H and O–H groups in total. The normalized spacial score (nSPS) is 12.0. The molecule has 0 fully saturated rings. The number of sulfonamides is 1. The number of aliphatic imine (C=N–C) groups is 1. The van der Waals surface area contributed by atoms with Gasteiger partial charge < -0.3 is 14.8 Å². The highest BCUT2D eigenvalue weighted by Gasteiger charge is 2.18. The Morgan fingerprint density at radius 3 is 2.50 bits per heavy atom. The summed E-state index contributed by atoms with van der Waals surface area (Å²) < 4.78 is 29.4. The molecule has 0 bridgehead atoms. The summed E-state index contributed by atoms with van der Waals surface area (Å²) in [6.45, 7) is 5.03. The summed E-state index contributed by atoms with van der Waals surface area (Å²) in [6.07, 6.45) is 1.85. The molecule has 2 aromatic rings. The highest BCUT2D eigenvalue weighted by molar-refractivity contribution is 14.0. The number of thiophene rings is 1. The van der Waals surface area contributed by atoms with E-state index in [2.05, 4.69) is 15.0 Å². The van der Waals surface area contributed by atoms with Gasteiger partial charge in [0, 0.05) is 55.9 Å². The fraction of sp³-hybridized carbons (Fsp3) is 0.471. The van der Waals surface area contributed by atoms with E-state index in [1.54, 1.807) is 13.1 Å². The number of halogens is 2. The second-order valence-corrected chi connectivity index (χ2v) is 9.90. The Morgan fingerprint density at radius 2 is 2.00 bits per heavy atom. The molecule has 0 aliphatic rings. The van der Waals surface area contributed by atoms with E-state index in [0.29, 0.717) is 29.0 Å². The van der Waals surface area contributed by atoms with E-state index in [0.717, 1.165) is 15.4 Å². The second kappa shape index (κ2) is 10.8. The standard InChI is InChI=1S/C17H26ClN5O2S2.HI/c1-12-8-16(13(2)26-12)27(24,25)21-7-6-20-17(19-3)23(5)11-15-9-14(18)10-22(15)4;/h8-10,21H,6-7,11H2,1-5H3,(H,19,20);1H. The van der Waals surface area contributed by atoms with Gasteiger partial charge in [0.1, 0.15) is 0 Å². The van der Waals surface area contributed by atoms with Crippen LogP contribution >= 0.6 is 46.9 Å². The average molecular weight is 560 g/mol. The lowest BCUT2D eigenvalue weighted by atomic mass is 10.4. The molecule has 158 valence electrons. The molecule has 0 aromatic carbocycles. The van der Waals surface area contributed by atoms with Crippen LogP contribution in [0.15, 0.2) is 28.2 Å². The number of aryl methyl sites for hydroxylation is 3. The van der Waals surface area contributed by atoms with Crippen molar-refractivity contribution in [3.05, 3.63) is 38.8 Å². The van der Waals surface area contributed by atoms with E-state index >= 15 is 0 Å². The Morgan fingerprint density at radius 1 is 1.32 bits per heavy atom. The summed E-state index contributed by atoms with van der Waals surface area (Å²) in [5.74, 6) is 0.675. The highest BCUT2D eigenvalue weighted by atomic mass is 127. The molecule has 0 aliphatic carbocycles. The smallest absolute Gasteiger partial charge is 0.241 e. The SMILES string of the molecule is CN=C(NCCNS(=O)(=O)c1cc(C)sc1C)N(C)Cc1cc(Cl)cn1C.I. The monoisotopic (exact) mass is 559 g/mol. The molecule has 0 spiro atoms. The van der Waals surface area contributed by atoms with E-state index in [1.165, 1.54) is 11.3 Å². The topological polar surface area (TPSA) is 78.7 Å². The lowest BCUT2D eigenvalue weighted by Gasteiger charge is -2.22. The fourth-order valence-corrected chi connectivity index (χ4v) is 5.59. The largest absolute Gasteiger partial charge is 0.355 e. The van der Waals surface area contributed by atoms with Crippen LogP contribution < -0.4 is 10.0 Å². The number of hydrogen-bond acceptors (Lipinski definition) is 4. The molecule has 0 amide bonds. The third-order valence-electron chi connectivity index (χ3n) is 4.03. The van der Waals surface area contributed by atoms with Crippen LogP contribution in [-0.2, 0) is 23.6 Å². The Balaban J connectivity index is 0.00000392. The van der Waals surface area contributed by atoms with Crippen LogP contribution in [0.5, 0.6) is 0 Å². The molecule has 0 atom stereocenters. The first-order valence-corrected chi connectivity index (χ1v) is 11.1. The first-order valence-electron chi connectivity index (χ1n) is 8.43. The molecule has 2 rings (SSSR count). The van der Waals surface area contributed by atoms with Gasteiger partial charge in [-0.15, -0.1) is 35.3 Å². The number of hydrogen-bond donors (Lipinski definition) is 2. The number of guanidine groups is 1. The second-order valence-electron chi connectivity index (χ2n) is 6.27. The summed E-state index contributed by atoms with van der Waals surface area (Å²) in [5, 5.41) is 3.86. The zero-order valence-corrected chi connectivity index (χ0v) is 21.3. The van der Waals surface area contributed by atoms with Gasteiger partial charge in [0.05, 0.1) is 16.5 Å². The minimum absolute atomic E-state index is 0. The van der Waals surface area contributed by atoms with Crippen molar-refractivity contribution in [2.45, 2.75) is 25.3 Å². The van der Waals surface area contributed by atoms with Gasteiger partial charge in [0.2, 0.25) is 10.0 Å². The van der Waals surface area contributed by atoms with Crippen molar-refractivity contribution in [2.24, 2.45) is 12.0 Å². The first kappa shape index (κ1) is 25.2. The molecule has 11 heteroatoms. The third-order valence-corrected chi connectivity index (χ3v) is 6.92. The molecular weight excluding hydrogens is 533 g/mol. The van der Waals surface area contributed by atoms with Gasteiger partial charge in [-0.05, 0) is 26.0 Å². The lowest BCUT2D eigenvalue weighted by Crippen LogP contribution is -2.42. The van der Waals surface area contributed by atoms with Crippen molar-refractivity contribution in [1.82, 2.24) is 19.5 Å². The Bertz CT molecular complexity index is 924. The first-order chi connectivity index (χ1) is 12.6. The van der Waals surface area contributed by atoms with Gasteiger partial charge in [-0.3, -0.25) is 4.99 Å². The lowest BCUT2D eigenvalue weighted by molar-refractivity contribution is 0.462. The number of rotatable bonds is 7. The number of aromatic nitrogens is 1. The highest BCUT2D eigenvalue weighted by Crippen LogP contribution is 2.24. The van der Waals surface area contributed by atoms with E-state index in [-0.39, 0.29) is 30.5 Å². The number of nitrogens with zero attached hydrogens (tertiary/aromatic N) is 3. The van der Waals surface area contributed by atoms with E-state index in [1.807, 2.05) is 49.7 Å². The molecular formula is C17H27ClIN5O2S2. The minimum atomic E-state index is -3.50. The molecule has 0 unspecified atom stereocenters. The molecule has 2 aromatic heterocycles. The van der Waals surface area contributed by atoms with Crippen LogP contribution in [0.25, 0.3) is 0 Å². The van der Waals surface area contributed by atoms with Crippen LogP contribution in [0.2, 0.25) is 5.02 Å². The summed E-state index contributed by atoms with van der Waals surface area (Å²) in [5.41, 5.74) is 1.05. The Hall–Kier alpha value is -0.820. The van der Waals surface area contributed by atoms with E-state index in [9.17, 15) is 8.42 Å². The average Bonchev–Trinajstić information content (AvgIpc) is 3.08. The summed E-state index contributed by atoms with van der Waals surface area (Å²) in [4.78, 5) is 8.33. The zero-order chi connectivity index (χ0) is 20.2. The summed E-state index contributed by atoms with van der Waals surface area (Å²) >= 11 is 7.50. The number of nitrogens with one attached hydrogen (secondary N) is 2. The van der Waals surface area contributed by atoms with Gasteiger partial charge in [-0.1, -0.05) is 11.6 Å². The summed E-state index contributed by atoms with van der Waals surface area (Å²) in [6, 6.07) is 3.61. The molecule has 0 radical (unpaired) electrons. The molecule has 7 nitrogen and oxygen atoms in total. The van der Waals surface area contributed by atoms with Crippen molar-refractivity contribution in [2.75, 3.05) is 27.2 Å². The fourth-order valence-electron chi connectivity index (χ4n) is 2.74. The van der Waals surface area contributed by atoms with Gasteiger partial charge in [-0.25, -0.2) is 13.1 Å². The van der Waals surface area contributed by atoms with Crippen LogP contribution in [0.4, 0.5) is 0 Å². The maximum Gasteiger partial charge on any atom is 0.241 e. The quantitative estimate of drug-likeness (QED) is 0.237. The van der Waals surface area contributed by atoms with Gasteiger partial charge in [0.15, 0.2) is 5.96 Å². The van der Waals surface area contributed by atoms with Crippen molar-refractivity contribution in [3.63, 3.8) is 0 Å². The van der Waals surface area contributed by atoms with Crippen LogP contribution in [0, 0.1) is 13.8 Å². The summed E-state index contributed by atoms with van der Waals surface area (Å²) in [7, 11) is 2.05. The maximum absolute atomic E-state index is 12.4. The molecule has 0 aliphatic heterocycles. The van der Waals surface area contributed by atoms with Crippen molar-refractivity contribution >= 4 is 62.9 Å². The van der Waals surface area contributed by atoms with E-state index < -0.39 is 10.0 Å². The van der Waals surface area contributed by atoms with Crippen molar-refractivity contribution < 1.29 is 8.42 Å². The van der Waals surface area contributed by atoms with Crippen LogP contribution in [0.3, 0.4) is 0 Å². The zero-order valence-electron chi connectivity index (χ0n) is 16.6. The predicted octanol–water partition coefficient (Wildman–Crippen LogP) is 2.96. The molecule has 0 saturated carbocycles. The van der Waals surface area contributed by atoms with Gasteiger partial charge in [0.25, 0.3) is 0 Å². The third kappa shape index (κ3) is 6.61. The minimum Gasteiger partial charge on any atom is -0.355 e. The Labute approximate surface area is 193 Å². The van der Waals surface area contributed by atoms with Crippen molar-refractivity contribution in [3.8, 4) is 0 Å². The van der Waals surface area contributed by atoms with E-state index in [4.69, 9.17) is 11.6 Å². The van der Waals surface area contributed by atoms with Gasteiger partial charge in [-0.2, -0.15) is 0 Å². The Kier molecular flexibility index (Phi) is 9.74. The predicted molar refractivity (Wildman–Crippen MR) is 128 cm³/mol. The molecule has 0 saturated heterocycles. The van der Waals surface area contributed by atoms with Gasteiger partial charge >= 0.3 is 0 Å². The molecule has 28 heavy (non-hydrogen) atoms. The van der Waals surface area contributed by atoms with Crippen LogP contribution in [-0.4, -0.2) is 51.0 Å². The maximum atomic E-state index is 12.4. The van der Waals surface area contributed by atoms with Crippen molar-refractivity contribution in [1.29, 1.82) is 0 Å².